The number of piperidine rings is 1. The highest BCUT2D eigenvalue weighted by atomic mass is 16.4. The fraction of sp³-hybridized carbons (Fsp3) is 0.333. The Labute approximate surface area is 180 Å². The van der Waals surface area contributed by atoms with Gasteiger partial charge in [0.25, 0.3) is 5.91 Å². The second-order valence-electron chi connectivity index (χ2n) is 8.34. The molecule has 31 heavy (non-hydrogen) atoms. The zero-order valence-corrected chi connectivity index (χ0v) is 17.5. The number of hydrogen-bond donors (Lipinski definition) is 4. The molecule has 1 saturated heterocycles. The van der Waals surface area contributed by atoms with Crippen LogP contribution in [0.2, 0.25) is 0 Å². The molecule has 0 bridgehead atoms. The number of benzene rings is 2. The molecule has 2 aromatic carbocycles. The van der Waals surface area contributed by atoms with Gasteiger partial charge >= 0.3 is 5.97 Å². The zero-order valence-electron chi connectivity index (χ0n) is 17.5. The number of hydrogen-bond acceptors (Lipinski definition) is 4. The van der Waals surface area contributed by atoms with Crippen LogP contribution in [0, 0.1) is 0 Å². The van der Waals surface area contributed by atoms with Gasteiger partial charge in [-0.15, -0.1) is 0 Å². The molecule has 0 saturated carbocycles. The number of carboxylic acid groups (broad SMARTS) is 1. The number of nitrogens with zero attached hydrogens (tertiary/aromatic N) is 1. The van der Waals surface area contributed by atoms with E-state index in [0.717, 1.165) is 18.4 Å². The summed E-state index contributed by atoms with van der Waals surface area (Å²) in [5.74, 6) is -1.06. The van der Waals surface area contributed by atoms with Crippen molar-refractivity contribution in [2.24, 2.45) is 5.73 Å². The van der Waals surface area contributed by atoms with E-state index < -0.39 is 11.6 Å². The molecule has 7 nitrogen and oxygen atoms in total. The molecule has 1 aliphatic heterocycles. The van der Waals surface area contributed by atoms with E-state index in [1.807, 2.05) is 17.0 Å². The number of fused-ring (bicyclic) bond motifs is 1. The maximum absolute atomic E-state index is 13.1. The molecule has 1 aliphatic rings. The molecule has 0 aliphatic carbocycles. The Balaban J connectivity index is 1.52. The van der Waals surface area contributed by atoms with E-state index in [2.05, 4.69) is 17.1 Å². The maximum Gasteiger partial charge on any atom is 0.340 e. The summed E-state index contributed by atoms with van der Waals surface area (Å²) in [6.07, 6.45) is 1.75. The van der Waals surface area contributed by atoms with Crippen molar-refractivity contribution in [2.45, 2.75) is 37.8 Å². The van der Waals surface area contributed by atoms with Crippen LogP contribution in [0.1, 0.15) is 52.9 Å². The van der Waals surface area contributed by atoms with Gasteiger partial charge in [-0.2, -0.15) is 0 Å². The lowest BCUT2D eigenvalue weighted by Gasteiger charge is -2.32. The average molecular weight is 421 g/mol. The van der Waals surface area contributed by atoms with Crippen LogP contribution in [0.3, 0.4) is 0 Å². The molecule has 162 valence electrons. The number of amides is 1. The van der Waals surface area contributed by atoms with Crippen LogP contribution in [-0.2, 0) is 16.9 Å². The number of carboxylic acids is 1. The molecule has 1 fully saturated rings. The zero-order chi connectivity index (χ0) is 22.2. The minimum atomic E-state index is -2.04. The van der Waals surface area contributed by atoms with Gasteiger partial charge in [-0.3, -0.25) is 4.79 Å². The van der Waals surface area contributed by atoms with E-state index in [1.165, 1.54) is 12.5 Å². The summed E-state index contributed by atoms with van der Waals surface area (Å²) in [4.78, 5) is 29.5. The van der Waals surface area contributed by atoms with E-state index >= 15 is 0 Å². The highest BCUT2D eigenvalue weighted by Gasteiger charge is 2.34. The summed E-state index contributed by atoms with van der Waals surface area (Å²) in [6.45, 7) is 3.04. The normalized spacial score (nSPS) is 16.9. The molecule has 1 atom stereocenters. The predicted molar refractivity (Wildman–Crippen MR) is 118 cm³/mol. The summed E-state index contributed by atoms with van der Waals surface area (Å²) in [5.41, 5.74) is 7.36. The number of nitrogens with one attached hydrogen (secondary N) is 1. The third kappa shape index (κ3) is 3.94. The Morgan fingerprint density at radius 2 is 1.87 bits per heavy atom. The van der Waals surface area contributed by atoms with E-state index in [0.29, 0.717) is 42.1 Å². The summed E-state index contributed by atoms with van der Waals surface area (Å²) < 4.78 is 0. The molecular formula is C24H27N3O4. The first-order valence-corrected chi connectivity index (χ1v) is 10.5. The lowest BCUT2D eigenvalue weighted by molar-refractivity contribution is -0.157. The van der Waals surface area contributed by atoms with Crippen LogP contribution >= 0.6 is 0 Å². The maximum atomic E-state index is 13.1. The van der Waals surface area contributed by atoms with Gasteiger partial charge in [-0.05, 0) is 48.9 Å². The molecule has 1 aromatic heterocycles. The Morgan fingerprint density at radius 1 is 1.16 bits per heavy atom. The van der Waals surface area contributed by atoms with Crippen LogP contribution in [0.4, 0.5) is 0 Å². The van der Waals surface area contributed by atoms with Crippen molar-refractivity contribution in [1.29, 1.82) is 0 Å². The van der Waals surface area contributed by atoms with E-state index in [-0.39, 0.29) is 11.5 Å². The van der Waals surface area contributed by atoms with Gasteiger partial charge in [-0.25, -0.2) is 4.79 Å². The van der Waals surface area contributed by atoms with Gasteiger partial charge in [0.05, 0.1) is 0 Å². The molecule has 0 unspecified atom stereocenters. The number of aliphatic carboxylic acids is 1. The van der Waals surface area contributed by atoms with Crippen LogP contribution in [0.15, 0.2) is 48.5 Å². The monoisotopic (exact) mass is 421 g/mol. The van der Waals surface area contributed by atoms with Crippen molar-refractivity contribution >= 4 is 22.8 Å². The van der Waals surface area contributed by atoms with E-state index in [9.17, 15) is 19.8 Å². The van der Waals surface area contributed by atoms with E-state index in [1.54, 1.807) is 24.3 Å². The first kappa shape index (κ1) is 21.1. The average Bonchev–Trinajstić information content (AvgIpc) is 3.23. The van der Waals surface area contributed by atoms with Gasteiger partial charge in [0.1, 0.15) is 5.69 Å². The number of carbonyl (C=O) groups excluding carboxylic acids is 1. The Bertz CT molecular complexity index is 1130. The van der Waals surface area contributed by atoms with Gasteiger partial charge in [-0.1, -0.05) is 36.4 Å². The number of rotatable bonds is 5. The molecule has 4 rings (SSSR count). The molecule has 7 heteroatoms. The van der Waals surface area contributed by atoms with Crippen molar-refractivity contribution in [1.82, 2.24) is 9.88 Å². The minimum Gasteiger partial charge on any atom is -0.479 e. The number of nitrogens with two attached hydrogens (primary N) is 1. The van der Waals surface area contributed by atoms with Crippen LogP contribution in [0.25, 0.3) is 10.9 Å². The lowest BCUT2D eigenvalue weighted by Crippen LogP contribution is -2.38. The van der Waals surface area contributed by atoms with Crippen LogP contribution < -0.4 is 5.73 Å². The van der Waals surface area contributed by atoms with Crippen LogP contribution in [0.5, 0.6) is 0 Å². The summed E-state index contributed by atoms with van der Waals surface area (Å²) >= 11 is 0. The highest BCUT2D eigenvalue weighted by Crippen LogP contribution is 2.32. The number of aromatic nitrogens is 1. The lowest BCUT2D eigenvalue weighted by atomic mass is 9.88. The summed E-state index contributed by atoms with van der Waals surface area (Å²) in [6, 6.07) is 15.0. The van der Waals surface area contributed by atoms with Gasteiger partial charge in [0.2, 0.25) is 0 Å². The number of likely N-dealkylation sites (tertiary alicyclic amines) is 1. The second-order valence-corrected chi connectivity index (χ2v) is 8.34. The third-order valence-electron chi connectivity index (χ3n) is 6.28. The molecule has 3 aromatic rings. The van der Waals surface area contributed by atoms with Crippen molar-refractivity contribution in [3.8, 4) is 0 Å². The molecule has 0 radical (unpaired) electrons. The second kappa shape index (κ2) is 8.17. The molecule has 2 heterocycles. The first-order chi connectivity index (χ1) is 14.8. The number of carbonyl (C=O) groups is 2. The Hall–Kier alpha value is -3.16. The SMILES string of the molecule is C[C@@](O)(C(=O)O)c1cccc2[nH]c(C(=O)N3CCC(c4cccc(CN)c4)CC3)cc12. The molecule has 1 amide bonds. The Morgan fingerprint density at radius 3 is 2.55 bits per heavy atom. The van der Waals surface area contributed by atoms with Gasteiger partial charge < -0.3 is 25.8 Å². The smallest absolute Gasteiger partial charge is 0.340 e. The first-order valence-electron chi connectivity index (χ1n) is 10.5. The van der Waals surface area contributed by atoms with Crippen molar-refractivity contribution in [2.75, 3.05) is 13.1 Å². The summed E-state index contributed by atoms with van der Waals surface area (Å²) in [7, 11) is 0. The number of aliphatic hydroxyl groups is 1. The standard InChI is InChI=1S/C24H27N3O4/c1-24(31,23(29)30)19-6-3-7-20-18(19)13-21(26-20)22(28)27-10-8-16(9-11-27)17-5-2-4-15(12-17)14-25/h2-7,12-13,16,26,31H,8-11,14,25H2,1H3,(H,29,30)/t24-/m0/s1. The number of aromatic amines is 1. The molecule has 5 N–H and O–H groups in total. The molecular weight excluding hydrogens is 394 g/mol. The minimum absolute atomic E-state index is 0.119. The predicted octanol–water partition coefficient (Wildman–Crippen LogP) is 2.94. The van der Waals surface area contributed by atoms with Crippen molar-refractivity contribution in [3.05, 3.63) is 70.9 Å². The Kier molecular flexibility index (Phi) is 5.56. The molecule has 0 spiro atoms. The van der Waals surface area contributed by atoms with E-state index in [4.69, 9.17) is 5.73 Å². The number of H-pyrrole nitrogens is 1. The highest BCUT2D eigenvalue weighted by molar-refractivity contribution is 6.00. The fourth-order valence-electron chi connectivity index (χ4n) is 4.37. The van der Waals surface area contributed by atoms with Crippen molar-refractivity contribution in [3.63, 3.8) is 0 Å². The van der Waals surface area contributed by atoms with Crippen LogP contribution in [-0.4, -0.2) is 45.1 Å². The quantitative estimate of drug-likeness (QED) is 0.505. The summed E-state index contributed by atoms with van der Waals surface area (Å²) in [5, 5.41) is 20.3. The largest absolute Gasteiger partial charge is 0.479 e. The van der Waals surface area contributed by atoms with Gasteiger partial charge in [0, 0.05) is 36.1 Å². The third-order valence-corrected chi connectivity index (χ3v) is 6.28. The van der Waals surface area contributed by atoms with Crippen molar-refractivity contribution < 1.29 is 19.8 Å². The van der Waals surface area contributed by atoms with Gasteiger partial charge in [0.15, 0.2) is 5.60 Å². The fourth-order valence-corrected chi connectivity index (χ4v) is 4.37. The topological polar surface area (TPSA) is 120 Å².